The van der Waals surface area contributed by atoms with Gasteiger partial charge in [0.2, 0.25) is 5.91 Å². The summed E-state index contributed by atoms with van der Waals surface area (Å²) < 4.78 is 6.09. The van der Waals surface area contributed by atoms with Crippen molar-refractivity contribution >= 4 is 23.6 Å². The molecule has 0 saturated carbocycles. The fourth-order valence-corrected chi connectivity index (χ4v) is 6.37. The first kappa shape index (κ1) is 23.6. The van der Waals surface area contributed by atoms with E-state index in [9.17, 15) is 9.59 Å². The topological polar surface area (TPSA) is 71.5 Å². The van der Waals surface area contributed by atoms with E-state index >= 15 is 0 Å². The minimum absolute atomic E-state index is 0.161. The summed E-state index contributed by atoms with van der Waals surface area (Å²) in [7, 11) is 1.71. The monoisotopic (exact) mass is 487 g/mol. The highest BCUT2D eigenvalue weighted by Gasteiger charge is 2.54. The third-order valence-corrected chi connectivity index (χ3v) is 8.23. The maximum atomic E-state index is 13.0. The van der Waals surface area contributed by atoms with Crippen molar-refractivity contribution in [1.29, 1.82) is 0 Å². The van der Waals surface area contributed by atoms with Gasteiger partial charge in [-0.1, -0.05) is 48.5 Å². The van der Waals surface area contributed by atoms with Crippen LogP contribution in [0.5, 0.6) is 0 Å². The number of hydrogen-bond donors (Lipinski definition) is 1. The standard InChI is InChI=1S/C28H29N3O3S/c1-34-26-25(30-27(33)23-13-7-8-16-29-23)21-11-5-6-12-22(21)28(26)14-17-31(18-15-28)24(32)19-35-20-9-3-2-4-10-20/h2-13,16,25-26H,14-15,17-19H2,1H3,(H,30,33)/t25-,26+/m1/s1. The number of ether oxygens (including phenoxy) is 1. The predicted molar refractivity (Wildman–Crippen MR) is 136 cm³/mol. The highest BCUT2D eigenvalue weighted by atomic mass is 32.2. The number of benzene rings is 2. The van der Waals surface area contributed by atoms with E-state index in [2.05, 4.69) is 22.4 Å². The van der Waals surface area contributed by atoms with E-state index in [0.717, 1.165) is 23.3 Å². The summed E-state index contributed by atoms with van der Waals surface area (Å²) in [6.45, 7) is 1.34. The molecule has 1 N–H and O–H groups in total. The number of nitrogens with zero attached hydrogens (tertiary/aromatic N) is 2. The molecule has 0 bridgehead atoms. The molecule has 2 aromatic carbocycles. The zero-order valence-corrected chi connectivity index (χ0v) is 20.5. The van der Waals surface area contributed by atoms with Gasteiger partial charge in [-0.15, -0.1) is 11.8 Å². The lowest BCUT2D eigenvalue weighted by atomic mass is 9.72. The minimum Gasteiger partial charge on any atom is -0.378 e. The average Bonchev–Trinajstić information content (AvgIpc) is 3.17. The quantitative estimate of drug-likeness (QED) is 0.527. The molecule has 1 aliphatic heterocycles. The van der Waals surface area contributed by atoms with Gasteiger partial charge in [0.25, 0.3) is 5.91 Å². The van der Waals surface area contributed by atoms with Crippen LogP contribution in [0.2, 0.25) is 0 Å². The van der Waals surface area contributed by atoms with Gasteiger partial charge in [0.1, 0.15) is 5.69 Å². The van der Waals surface area contributed by atoms with Crippen molar-refractivity contribution < 1.29 is 14.3 Å². The first-order valence-corrected chi connectivity index (χ1v) is 12.9. The third-order valence-electron chi connectivity index (χ3n) is 7.23. The number of piperidine rings is 1. The Morgan fingerprint density at radius 2 is 1.74 bits per heavy atom. The molecule has 1 aromatic heterocycles. The molecule has 1 saturated heterocycles. The summed E-state index contributed by atoms with van der Waals surface area (Å²) in [4.78, 5) is 33.2. The summed E-state index contributed by atoms with van der Waals surface area (Å²) in [5.74, 6) is 0.383. The number of fused-ring (bicyclic) bond motifs is 2. The predicted octanol–water partition coefficient (Wildman–Crippen LogP) is 4.23. The van der Waals surface area contributed by atoms with Gasteiger partial charge in [0.15, 0.2) is 0 Å². The number of hydrogen-bond acceptors (Lipinski definition) is 5. The van der Waals surface area contributed by atoms with Crippen molar-refractivity contribution in [1.82, 2.24) is 15.2 Å². The van der Waals surface area contributed by atoms with Gasteiger partial charge in [-0.25, -0.2) is 0 Å². The van der Waals surface area contributed by atoms with E-state index < -0.39 is 0 Å². The van der Waals surface area contributed by atoms with E-state index in [4.69, 9.17) is 4.74 Å². The third kappa shape index (κ3) is 4.58. The van der Waals surface area contributed by atoms with E-state index in [1.54, 1.807) is 37.2 Å². The van der Waals surface area contributed by atoms with E-state index in [1.165, 1.54) is 5.56 Å². The second-order valence-corrected chi connectivity index (χ2v) is 10.1. The SMILES string of the molecule is CO[C@H]1[C@H](NC(=O)c2ccccn2)c2ccccc2C12CCN(C(=O)CSc1ccccc1)CC2. The number of likely N-dealkylation sites (tertiary alicyclic amines) is 1. The van der Waals surface area contributed by atoms with Crippen LogP contribution in [0, 0.1) is 0 Å². The molecule has 2 aliphatic rings. The largest absolute Gasteiger partial charge is 0.378 e. The van der Waals surface area contributed by atoms with Crippen molar-refractivity contribution in [3.8, 4) is 0 Å². The number of amides is 2. The molecule has 180 valence electrons. The fourth-order valence-electron chi connectivity index (χ4n) is 5.55. The Morgan fingerprint density at radius 3 is 2.46 bits per heavy atom. The second-order valence-electron chi connectivity index (χ2n) is 9.05. The lowest BCUT2D eigenvalue weighted by Gasteiger charge is -2.44. The Bertz CT molecular complexity index is 1180. The number of methoxy groups -OCH3 is 1. The van der Waals surface area contributed by atoms with Crippen molar-refractivity contribution in [2.24, 2.45) is 0 Å². The van der Waals surface area contributed by atoms with Crippen LogP contribution in [-0.2, 0) is 14.9 Å². The van der Waals surface area contributed by atoms with Crippen LogP contribution >= 0.6 is 11.8 Å². The Morgan fingerprint density at radius 1 is 1.03 bits per heavy atom. The highest BCUT2D eigenvalue weighted by molar-refractivity contribution is 8.00. The number of carbonyl (C=O) groups is 2. The molecule has 0 unspecified atom stereocenters. The zero-order valence-electron chi connectivity index (χ0n) is 19.7. The van der Waals surface area contributed by atoms with Gasteiger partial charge in [-0.3, -0.25) is 14.6 Å². The lowest BCUT2D eigenvalue weighted by molar-refractivity contribution is -0.131. The van der Waals surface area contributed by atoms with Gasteiger partial charge in [-0.05, 0) is 48.2 Å². The Balaban J connectivity index is 1.32. The molecule has 35 heavy (non-hydrogen) atoms. The van der Waals surface area contributed by atoms with E-state index in [1.807, 2.05) is 53.4 Å². The lowest BCUT2D eigenvalue weighted by Crippen LogP contribution is -2.52. The molecule has 5 rings (SSSR count). The molecule has 3 aromatic rings. The van der Waals surface area contributed by atoms with Gasteiger partial charge in [-0.2, -0.15) is 0 Å². The molecular formula is C28H29N3O3S. The Kier molecular flexibility index (Phi) is 6.88. The number of thioether (sulfide) groups is 1. The Labute approximate surface area is 210 Å². The van der Waals surface area contributed by atoms with Crippen molar-refractivity contribution in [2.75, 3.05) is 26.0 Å². The molecule has 1 fully saturated rings. The summed E-state index contributed by atoms with van der Waals surface area (Å²) >= 11 is 1.58. The van der Waals surface area contributed by atoms with Crippen LogP contribution in [0.3, 0.4) is 0 Å². The summed E-state index contributed by atoms with van der Waals surface area (Å²) in [5, 5.41) is 3.19. The van der Waals surface area contributed by atoms with Crippen molar-refractivity contribution in [3.05, 3.63) is 95.8 Å². The van der Waals surface area contributed by atoms with Crippen LogP contribution in [0.15, 0.2) is 83.9 Å². The Hall–Kier alpha value is -3.16. The van der Waals surface area contributed by atoms with Gasteiger partial charge < -0.3 is 15.0 Å². The van der Waals surface area contributed by atoms with E-state index in [-0.39, 0.29) is 29.4 Å². The van der Waals surface area contributed by atoms with Crippen LogP contribution in [0.4, 0.5) is 0 Å². The molecule has 1 spiro atoms. The minimum atomic E-state index is -0.276. The molecular weight excluding hydrogens is 458 g/mol. The van der Waals surface area contributed by atoms with Crippen LogP contribution in [0.25, 0.3) is 0 Å². The number of aromatic nitrogens is 1. The highest BCUT2D eigenvalue weighted by Crippen LogP contribution is 2.52. The summed E-state index contributed by atoms with van der Waals surface area (Å²) in [6, 6.07) is 23.3. The number of carbonyl (C=O) groups excluding carboxylic acids is 2. The van der Waals surface area contributed by atoms with Crippen LogP contribution in [0.1, 0.15) is 40.5 Å². The number of rotatable bonds is 6. The summed E-state index contributed by atoms with van der Waals surface area (Å²) in [5.41, 5.74) is 2.43. The first-order chi connectivity index (χ1) is 17.1. The normalized spacial score (nSPS) is 20.4. The molecule has 6 nitrogen and oxygen atoms in total. The summed E-state index contributed by atoms with van der Waals surface area (Å²) in [6.07, 6.45) is 2.99. The van der Waals surface area contributed by atoms with Crippen molar-refractivity contribution in [3.63, 3.8) is 0 Å². The first-order valence-electron chi connectivity index (χ1n) is 11.9. The van der Waals surface area contributed by atoms with Crippen molar-refractivity contribution in [2.45, 2.75) is 35.3 Å². The maximum absolute atomic E-state index is 13.0. The zero-order chi connectivity index (χ0) is 24.3. The maximum Gasteiger partial charge on any atom is 0.270 e. The average molecular weight is 488 g/mol. The molecule has 2 amide bonds. The molecule has 2 atom stereocenters. The van der Waals surface area contributed by atoms with Gasteiger partial charge in [0.05, 0.1) is 17.9 Å². The smallest absolute Gasteiger partial charge is 0.270 e. The van der Waals surface area contributed by atoms with Crippen LogP contribution < -0.4 is 5.32 Å². The second kappa shape index (κ2) is 10.2. The molecule has 2 heterocycles. The number of pyridine rings is 1. The van der Waals surface area contributed by atoms with Gasteiger partial charge in [0, 0.05) is 36.7 Å². The van der Waals surface area contributed by atoms with Crippen LogP contribution in [-0.4, -0.2) is 53.8 Å². The molecule has 7 heteroatoms. The van der Waals surface area contributed by atoms with Gasteiger partial charge >= 0.3 is 0 Å². The fraction of sp³-hybridized carbons (Fsp3) is 0.321. The van der Waals surface area contributed by atoms with E-state index in [0.29, 0.717) is 24.5 Å². The molecule has 1 aliphatic carbocycles. The molecule has 0 radical (unpaired) electrons. The number of nitrogens with one attached hydrogen (secondary N) is 1.